The molecule has 1 aromatic carbocycles. The number of carbonyl (C=O) groups excluding carboxylic acids is 2. The molecule has 1 aliphatic carbocycles. The Hall–Kier alpha value is -2.83. The molecular formula is C18H17FN4O2. The molecule has 0 spiro atoms. The van der Waals surface area contributed by atoms with Crippen molar-refractivity contribution in [3.63, 3.8) is 0 Å². The molecule has 128 valence electrons. The van der Waals surface area contributed by atoms with Gasteiger partial charge >= 0.3 is 0 Å². The molecular weight excluding hydrogens is 323 g/mol. The Labute approximate surface area is 144 Å². The molecule has 2 heterocycles. The fourth-order valence-electron chi connectivity index (χ4n) is 3.16. The molecule has 1 saturated carbocycles. The highest BCUT2D eigenvalue weighted by Gasteiger charge is 2.35. The maximum absolute atomic E-state index is 13.8. The van der Waals surface area contributed by atoms with Crippen molar-refractivity contribution in [2.75, 3.05) is 11.4 Å². The highest BCUT2D eigenvalue weighted by atomic mass is 19.1. The Kier molecular flexibility index (Phi) is 3.91. The molecule has 6 nitrogen and oxygen atoms in total. The molecule has 2 amide bonds. The number of amides is 2. The second kappa shape index (κ2) is 6.23. The third-order valence-electron chi connectivity index (χ3n) is 4.56. The van der Waals surface area contributed by atoms with Crippen LogP contribution < -0.4 is 4.90 Å². The molecule has 1 fully saturated rings. The average molecular weight is 340 g/mol. The van der Waals surface area contributed by atoms with Gasteiger partial charge in [0, 0.05) is 43.6 Å². The molecule has 0 N–H and O–H groups in total. The van der Waals surface area contributed by atoms with E-state index in [2.05, 4.69) is 9.97 Å². The standard InChI is InChI=1S/C18H17FN4O2/c19-13-1-4-16-12(9-13)11-23(14-2-3-14)17(24)5-8-22(16)18(25)15-10-20-6-7-21-15/h1,4,6-7,9-10,14H,2-3,5,8,11H2. The number of fused-ring (bicyclic) bond motifs is 1. The van der Waals surface area contributed by atoms with Crippen molar-refractivity contribution in [3.8, 4) is 0 Å². The van der Waals surface area contributed by atoms with Crippen molar-refractivity contribution < 1.29 is 14.0 Å². The van der Waals surface area contributed by atoms with Gasteiger partial charge in [0.05, 0.1) is 6.20 Å². The van der Waals surface area contributed by atoms with Crippen LogP contribution in [0.15, 0.2) is 36.8 Å². The summed E-state index contributed by atoms with van der Waals surface area (Å²) < 4.78 is 13.8. The van der Waals surface area contributed by atoms with Gasteiger partial charge in [0.1, 0.15) is 11.5 Å². The number of anilines is 1. The van der Waals surface area contributed by atoms with Gasteiger partial charge in [-0.05, 0) is 36.6 Å². The van der Waals surface area contributed by atoms with E-state index in [0.29, 0.717) is 17.8 Å². The van der Waals surface area contributed by atoms with Crippen LogP contribution in [0.4, 0.5) is 10.1 Å². The lowest BCUT2D eigenvalue weighted by atomic mass is 10.1. The zero-order chi connectivity index (χ0) is 17.4. The van der Waals surface area contributed by atoms with E-state index in [1.54, 1.807) is 6.07 Å². The highest BCUT2D eigenvalue weighted by molar-refractivity contribution is 6.05. The summed E-state index contributed by atoms with van der Waals surface area (Å²) >= 11 is 0. The molecule has 0 atom stereocenters. The van der Waals surface area contributed by atoms with Gasteiger partial charge in [-0.15, -0.1) is 0 Å². The third kappa shape index (κ3) is 3.09. The first-order valence-corrected chi connectivity index (χ1v) is 8.29. The van der Waals surface area contributed by atoms with Crippen LogP contribution >= 0.6 is 0 Å². The summed E-state index contributed by atoms with van der Waals surface area (Å²) in [6, 6.07) is 4.58. The molecule has 1 aliphatic heterocycles. The number of hydrogen-bond donors (Lipinski definition) is 0. The van der Waals surface area contributed by atoms with Crippen molar-refractivity contribution in [2.45, 2.75) is 31.8 Å². The number of hydrogen-bond acceptors (Lipinski definition) is 4. The van der Waals surface area contributed by atoms with Crippen molar-refractivity contribution in [2.24, 2.45) is 0 Å². The second-order valence-electron chi connectivity index (χ2n) is 6.32. The lowest BCUT2D eigenvalue weighted by Crippen LogP contribution is -2.41. The Morgan fingerprint density at radius 1 is 1.24 bits per heavy atom. The van der Waals surface area contributed by atoms with E-state index in [0.717, 1.165) is 12.8 Å². The van der Waals surface area contributed by atoms with E-state index in [9.17, 15) is 14.0 Å². The highest BCUT2D eigenvalue weighted by Crippen LogP contribution is 2.33. The van der Waals surface area contributed by atoms with Crippen LogP contribution in [-0.4, -0.2) is 39.3 Å². The average Bonchev–Trinajstić information content (AvgIpc) is 3.45. The summed E-state index contributed by atoms with van der Waals surface area (Å²) in [6.07, 6.45) is 6.53. The van der Waals surface area contributed by atoms with E-state index >= 15 is 0 Å². The Bertz CT molecular complexity index is 823. The SMILES string of the molecule is O=C(c1cnccn1)N1CCC(=O)N(C2CC2)Cc2cc(F)ccc21. The van der Waals surface area contributed by atoms with Crippen LogP contribution in [0.25, 0.3) is 0 Å². The van der Waals surface area contributed by atoms with Gasteiger partial charge in [-0.3, -0.25) is 14.6 Å². The van der Waals surface area contributed by atoms with Gasteiger partial charge in [0.2, 0.25) is 5.91 Å². The molecule has 0 unspecified atom stereocenters. The molecule has 0 bridgehead atoms. The number of benzene rings is 1. The maximum Gasteiger partial charge on any atom is 0.278 e. The molecule has 25 heavy (non-hydrogen) atoms. The maximum atomic E-state index is 13.8. The van der Waals surface area contributed by atoms with Crippen LogP contribution in [-0.2, 0) is 11.3 Å². The summed E-state index contributed by atoms with van der Waals surface area (Å²) in [5.41, 5.74) is 1.46. The first-order valence-electron chi connectivity index (χ1n) is 8.29. The molecule has 4 rings (SSSR count). The van der Waals surface area contributed by atoms with Crippen molar-refractivity contribution in [1.82, 2.24) is 14.9 Å². The van der Waals surface area contributed by atoms with Crippen LogP contribution in [0.2, 0.25) is 0 Å². The van der Waals surface area contributed by atoms with Crippen molar-refractivity contribution in [1.29, 1.82) is 0 Å². The van der Waals surface area contributed by atoms with E-state index in [-0.39, 0.29) is 42.3 Å². The summed E-state index contributed by atoms with van der Waals surface area (Å²) in [6.45, 7) is 0.553. The smallest absolute Gasteiger partial charge is 0.278 e. The van der Waals surface area contributed by atoms with Crippen LogP contribution in [0, 0.1) is 5.82 Å². The van der Waals surface area contributed by atoms with Crippen LogP contribution in [0.1, 0.15) is 35.3 Å². The summed E-state index contributed by atoms with van der Waals surface area (Å²) in [7, 11) is 0. The fraction of sp³-hybridized carbons (Fsp3) is 0.333. The molecule has 0 saturated heterocycles. The topological polar surface area (TPSA) is 66.4 Å². The minimum Gasteiger partial charge on any atom is -0.335 e. The van der Waals surface area contributed by atoms with Crippen molar-refractivity contribution in [3.05, 3.63) is 53.9 Å². The summed E-state index contributed by atoms with van der Waals surface area (Å²) in [5, 5.41) is 0. The predicted molar refractivity (Wildman–Crippen MR) is 88.3 cm³/mol. The van der Waals surface area contributed by atoms with Crippen LogP contribution in [0.5, 0.6) is 0 Å². The largest absolute Gasteiger partial charge is 0.335 e. The first kappa shape index (κ1) is 15.7. The van der Waals surface area contributed by atoms with Gasteiger partial charge in [0.15, 0.2) is 0 Å². The lowest BCUT2D eigenvalue weighted by molar-refractivity contribution is -0.132. The Morgan fingerprint density at radius 3 is 2.80 bits per heavy atom. The number of aromatic nitrogens is 2. The van der Waals surface area contributed by atoms with Crippen molar-refractivity contribution >= 4 is 17.5 Å². The second-order valence-corrected chi connectivity index (χ2v) is 6.32. The van der Waals surface area contributed by atoms with Gasteiger partial charge in [-0.2, -0.15) is 0 Å². The summed E-state index contributed by atoms with van der Waals surface area (Å²) in [4.78, 5) is 36.6. The van der Waals surface area contributed by atoms with Gasteiger partial charge in [0.25, 0.3) is 5.91 Å². The molecule has 2 aromatic rings. The summed E-state index contributed by atoms with van der Waals surface area (Å²) in [5.74, 6) is -0.725. The lowest BCUT2D eigenvalue weighted by Gasteiger charge is -2.32. The molecule has 7 heteroatoms. The van der Waals surface area contributed by atoms with Gasteiger partial charge in [-0.1, -0.05) is 0 Å². The molecule has 0 radical (unpaired) electrons. The van der Waals surface area contributed by atoms with Gasteiger partial charge in [-0.25, -0.2) is 9.37 Å². The van der Waals surface area contributed by atoms with E-state index in [1.807, 2.05) is 4.90 Å². The van der Waals surface area contributed by atoms with E-state index < -0.39 is 0 Å². The van der Waals surface area contributed by atoms with E-state index in [4.69, 9.17) is 0 Å². The minimum atomic E-state index is -0.380. The quantitative estimate of drug-likeness (QED) is 0.840. The first-order chi connectivity index (χ1) is 12.1. The monoisotopic (exact) mass is 340 g/mol. The minimum absolute atomic E-state index is 0.00522. The molecule has 2 aliphatic rings. The Balaban J connectivity index is 1.74. The Morgan fingerprint density at radius 2 is 2.08 bits per heavy atom. The number of rotatable bonds is 2. The number of carbonyl (C=O) groups is 2. The van der Waals surface area contributed by atoms with Crippen LogP contribution in [0.3, 0.4) is 0 Å². The van der Waals surface area contributed by atoms with E-state index in [1.165, 1.54) is 35.6 Å². The van der Waals surface area contributed by atoms with Gasteiger partial charge < -0.3 is 9.80 Å². The third-order valence-corrected chi connectivity index (χ3v) is 4.56. The fourth-order valence-corrected chi connectivity index (χ4v) is 3.16. The number of halogens is 1. The number of nitrogens with zero attached hydrogens (tertiary/aromatic N) is 4. The predicted octanol–water partition coefficient (Wildman–Crippen LogP) is 2.16. The molecule has 1 aromatic heterocycles. The zero-order valence-electron chi connectivity index (χ0n) is 13.6. The normalized spacial score (nSPS) is 17.7. The zero-order valence-corrected chi connectivity index (χ0v) is 13.6.